The van der Waals surface area contributed by atoms with Crippen LogP contribution in [-0.4, -0.2) is 31.5 Å². The molecule has 0 bridgehead atoms. The number of nitrogens with zero attached hydrogens (tertiary/aromatic N) is 5. The minimum Gasteiger partial charge on any atom is -0.497 e. The monoisotopic (exact) mass is 503 g/mol. The number of benzene rings is 3. The zero-order chi connectivity index (χ0) is 25.2. The molecule has 0 amide bonds. The Morgan fingerprint density at radius 1 is 0.892 bits per heavy atom. The van der Waals surface area contributed by atoms with Gasteiger partial charge >= 0.3 is 0 Å². The molecule has 3 aromatic carbocycles. The van der Waals surface area contributed by atoms with Crippen LogP contribution in [0.2, 0.25) is 0 Å². The molecule has 0 aliphatic carbocycles. The number of ether oxygens (including phenoxy) is 1. The number of thiazole rings is 1. The van der Waals surface area contributed by atoms with Gasteiger partial charge in [-0.3, -0.25) is 4.79 Å². The van der Waals surface area contributed by atoms with Crippen LogP contribution in [0.3, 0.4) is 0 Å². The predicted molar refractivity (Wildman–Crippen MR) is 147 cm³/mol. The summed E-state index contributed by atoms with van der Waals surface area (Å²) in [6.07, 6.45) is 7.51. The van der Waals surface area contributed by atoms with Crippen LogP contribution in [0, 0.1) is 0 Å². The van der Waals surface area contributed by atoms with Gasteiger partial charge in [-0.05, 0) is 42.0 Å². The molecule has 0 unspecified atom stereocenters. The van der Waals surface area contributed by atoms with E-state index < -0.39 is 0 Å². The lowest BCUT2D eigenvalue weighted by atomic mass is 10.1. The van der Waals surface area contributed by atoms with Crippen LogP contribution < -0.4 is 14.8 Å². The number of hydrogen-bond donors (Lipinski definition) is 0. The van der Waals surface area contributed by atoms with Crippen LogP contribution in [0.25, 0.3) is 40.1 Å². The van der Waals surface area contributed by atoms with Gasteiger partial charge in [-0.15, -0.1) is 5.10 Å². The zero-order valence-corrected chi connectivity index (χ0v) is 20.7. The second kappa shape index (κ2) is 9.67. The summed E-state index contributed by atoms with van der Waals surface area (Å²) in [5.41, 5.74) is 4.19. The first-order chi connectivity index (χ1) is 18.2. The van der Waals surface area contributed by atoms with E-state index in [0.717, 1.165) is 33.8 Å². The second-order valence-electron chi connectivity index (χ2n) is 8.27. The van der Waals surface area contributed by atoms with Gasteiger partial charge in [0, 0.05) is 17.3 Å². The van der Waals surface area contributed by atoms with E-state index in [4.69, 9.17) is 9.84 Å². The summed E-state index contributed by atoms with van der Waals surface area (Å²) in [6, 6.07) is 27.5. The minimum absolute atomic E-state index is 0.212. The van der Waals surface area contributed by atoms with Crippen LogP contribution in [0.5, 0.6) is 5.75 Å². The van der Waals surface area contributed by atoms with E-state index in [1.54, 1.807) is 7.11 Å². The smallest absolute Gasteiger partial charge is 0.291 e. The molecule has 6 rings (SSSR count). The van der Waals surface area contributed by atoms with E-state index in [-0.39, 0.29) is 5.56 Å². The van der Waals surface area contributed by atoms with Gasteiger partial charge < -0.3 is 4.74 Å². The summed E-state index contributed by atoms with van der Waals surface area (Å²) in [7, 11) is 1.64. The van der Waals surface area contributed by atoms with Gasteiger partial charge in [0.15, 0.2) is 5.82 Å². The van der Waals surface area contributed by atoms with E-state index in [1.807, 2.05) is 114 Å². The Bertz CT molecular complexity index is 1840. The Kier molecular flexibility index (Phi) is 5.92. The predicted octanol–water partition coefficient (Wildman–Crippen LogP) is 4.73. The van der Waals surface area contributed by atoms with Gasteiger partial charge in [-0.2, -0.15) is 14.6 Å². The number of fused-ring (bicyclic) bond motifs is 1. The Balaban J connectivity index is 1.43. The molecule has 6 aromatic rings. The van der Waals surface area contributed by atoms with Gasteiger partial charge in [-0.25, -0.2) is 4.68 Å². The standard InChI is InChI=1S/C29H21N5O2S/c1-36-24-14-8-11-21(17-24)27-22(19-33(32-27)23-12-6-3-7-13-23)18-25-28(35)34-29(37-25)30-26(31-34)16-15-20-9-4-2-5-10-20/h2-19H,1H3/b16-15+,25-18-. The van der Waals surface area contributed by atoms with Gasteiger partial charge in [0.2, 0.25) is 4.96 Å². The Hall–Kier alpha value is -4.82. The molecule has 37 heavy (non-hydrogen) atoms. The molecule has 3 aromatic heterocycles. The molecule has 0 saturated carbocycles. The largest absolute Gasteiger partial charge is 0.497 e. The van der Waals surface area contributed by atoms with Crippen molar-refractivity contribution < 1.29 is 4.74 Å². The maximum Gasteiger partial charge on any atom is 0.291 e. The first-order valence-electron chi connectivity index (χ1n) is 11.6. The molecule has 3 heterocycles. The first-order valence-corrected chi connectivity index (χ1v) is 12.4. The first kappa shape index (κ1) is 22.6. The SMILES string of the molecule is COc1cccc(-c2nn(-c3ccccc3)cc2/C=c2\sc3nc(/C=C/c4ccccc4)nn3c2=O)c1. The van der Waals surface area contributed by atoms with Crippen molar-refractivity contribution in [1.82, 2.24) is 24.4 Å². The average Bonchev–Trinajstić information content (AvgIpc) is 3.63. The van der Waals surface area contributed by atoms with Crippen molar-refractivity contribution in [3.05, 3.63) is 123 Å². The Morgan fingerprint density at radius 2 is 1.68 bits per heavy atom. The fourth-order valence-corrected chi connectivity index (χ4v) is 4.90. The van der Waals surface area contributed by atoms with Crippen molar-refractivity contribution in [2.45, 2.75) is 0 Å². The summed E-state index contributed by atoms with van der Waals surface area (Å²) < 4.78 is 9.12. The van der Waals surface area contributed by atoms with Crippen LogP contribution in [0.1, 0.15) is 17.0 Å². The lowest BCUT2D eigenvalue weighted by molar-refractivity contribution is 0.415. The number of para-hydroxylation sites is 1. The van der Waals surface area contributed by atoms with Crippen LogP contribution >= 0.6 is 11.3 Å². The lowest BCUT2D eigenvalue weighted by Crippen LogP contribution is -2.23. The van der Waals surface area contributed by atoms with E-state index in [9.17, 15) is 4.79 Å². The van der Waals surface area contributed by atoms with Crippen molar-refractivity contribution in [2.75, 3.05) is 7.11 Å². The molecule has 0 aliphatic heterocycles. The van der Waals surface area contributed by atoms with E-state index in [2.05, 4.69) is 10.1 Å². The molecular weight excluding hydrogens is 482 g/mol. The fraction of sp³-hybridized carbons (Fsp3) is 0.0345. The van der Waals surface area contributed by atoms with Gasteiger partial charge in [0.25, 0.3) is 5.56 Å². The lowest BCUT2D eigenvalue weighted by Gasteiger charge is -2.03. The van der Waals surface area contributed by atoms with Crippen molar-refractivity contribution in [2.24, 2.45) is 0 Å². The van der Waals surface area contributed by atoms with Gasteiger partial charge in [0.05, 0.1) is 17.3 Å². The molecule has 0 atom stereocenters. The average molecular weight is 504 g/mol. The van der Waals surface area contributed by atoms with E-state index in [1.165, 1.54) is 15.9 Å². The molecule has 0 radical (unpaired) electrons. The third-order valence-electron chi connectivity index (χ3n) is 5.82. The van der Waals surface area contributed by atoms with E-state index in [0.29, 0.717) is 15.3 Å². The minimum atomic E-state index is -0.212. The summed E-state index contributed by atoms with van der Waals surface area (Å²) in [4.78, 5) is 18.3. The highest BCUT2D eigenvalue weighted by atomic mass is 32.1. The third-order valence-corrected chi connectivity index (χ3v) is 6.77. The number of methoxy groups -OCH3 is 1. The molecule has 180 valence electrons. The van der Waals surface area contributed by atoms with E-state index >= 15 is 0 Å². The maximum absolute atomic E-state index is 13.2. The van der Waals surface area contributed by atoms with Gasteiger partial charge in [0.1, 0.15) is 11.4 Å². The summed E-state index contributed by atoms with van der Waals surface area (Å²) in [5.74, 6) is 1.23. The third kappa shape index (κ3) is 4.57. The topological polar surface area (TPSA) is 74.3 Å². The fourth-order valence-electron chi connectivity index (χ4n) is 4.00. The molecular formula is C29H21N5O2S. The Labute approximate surface area is 216 Å². The van der Waals surface area contributed by atoms with Crippen molar-refractivity contribution in [1.29, 1.82) is 0 Å². The molecule has 0 aliphatic rings. The highest BCUT2D eigenvalue weighted by Crippen LogP contribution is 2.27. The molecule has 0 saturated heterocycles. The molecule has 8 heteroatoms. The van der Waals surface area contributed by atoms with Gasteiger partial charge in [-0.1, -0.05) is 78.1 Å². The maximum atomic E-state index is 13.2. The second-order valence-corrected chi connectivity index (χ2v) is 9.28. The normalized spacial score (nSPS) is 12.1. The van der Waals surface area contributed by atoms with Crippen molar-refractivity contribution >= 4 is 34.5 Å². The highest BCUT2D eigenvalue weighted by molar-refractivity contribution is 7.15. The molecule has 0 spiro atoms. The Morgan fingerprint density at radius 3 is 2.43 bits per heavy atom. The van der Waals surface area contributed by atoms with Crippen molar-refractivity contribution in [3.8, 4) is 22.7 Å². The molecule has 0 N–H and O–H groups in total. The molecule has 0 fully saturated rings. The number of hydrogen-bond acceptors (Lipinski definition) is 6. The summed E-state index contributed by atoms with van der Waals surface area (Å²) in [6.45, 7) is 0. The quantitative estimate of drug-likeness (QED) is 0.329. The zero-order valence-electron chi connectivity index (χ0n) is 19.9. The number of aromatic nitrogens is 5. The van der Waals surface area contributed by atoms with Crippen LogP contribution in [0.15, 0.2) is 95.9 Å². The highest BCUT2D eigenvalue weighted by Gasteiger charge is 2.14. The summed E-state index contributed by atoms with van der Waals surface area (Å²) >= 11 is 1.30. The van der Waals surface area contributed by atoms with Crippen LogP contribution in [-0.2, 0) is 0 Å². The molecule has 7 nitrogen and oxygen atoms in total. The summed E-state index contributed by atoms with van der Waals surface area (Å²) in [5, 5.41) is 9.25. The number of rotatable bonds is 6. The van der Waals surface area contributed by atoms with Crippen molar-refractivity contribution in [3.63, 3.8) is 0 Å². The van der Waals surface area contributed by atoms with Crippen LogP contribution in [0.4, 0.5) is 0 Å².